The molecule has 0 aromatic heterocycles. The highest BCUT2D eigenvalue weighted by Gasteiger charge is 2.47. The molecule has 2 aromatic carbocycles. The molecule has 140 valence electrons. The zero-order chi connectivity index (χ0) is 18.8. The summed E-state index contributed by atoms with van der Waals surface area (Å²) < 4.78 is 0. The molecule has 0 saturated heterocycles. The second-order valence-electron chi connectivity index (χ2n) is 8.60. The SMILES string of the molecule is O=C([O-])c1cc2c3c(c1)[C@H]1C=CC[C@@H]1[C@@H](c1ccccc1)N3C[C@H]1CC=C[C@H]21. The van der Waals surface area contributed by atoms with Gasteiger partial charge in [0.05, 0.1) is 12.0 Å². The molecule has 0 bridgehead atoms. The van der Waals surface area contributed by atoms with Gasteiger partial charge in [-0.3, -0.25) is 0 Å². The van der Waals surface area contributed by atoms with Crippen molar-refractivity contribution in [1.82, 2.24) is 0 Å². The topological polar surface area (TPSA) is 43.4 Å². The van der Waals surface area contributed by atoms with Gasteiger partial charge in [0.15, 0.2) is 0 Å². The first kappa shape index (κ1) is 16.2. The van der Waals surface area contributed by atoms with Crippen molar-refractivity contribution >= 4 is 11.7 Å². The average molecular weight is 368 g/mol. The molecule has 2 heterocycles. The van der Waals surface area contributed by atoms with E-state index in [4.69, 9.17) is 0 Å². The minimum atomic E-state index is -1.07. The first-order valence-corrected chi connectivity index (χ1v) is 10.3. The summed E-state index contributed by atoms with van der Waals surface area (Å²) >= 11 is 0. The second-order valence-corrected chi connectivity index (χ2v) is 8.60. The second kappa shape index (κ2) is 5.84. The van der Waals surface area contributed by atoms with Crippen molar-refractivity contribution in [2.24, 2.45) is 11.8 Å². The summed E-state index contributed by atoms with van der Waals surface area (Å²) in [5, 5.41) is 11.8. The first-order valence-electron chi connectivity index (χ1n) is 10.3. The first-order chi connectivity index (χ1) is 13.7. The standard InChI is InChI=1S/C25H23NO2/c27-25(28)17-12-21-18-9-4-8-16(18)14-26-23(15-6-2-1-3-7-15)20-11-5-10-19(20)22(13-17)24(21)26/h1-7,9-10,12-13,16,18-20,23H,8,11,14H2,(H,27,28)/p-1/t16-,18+,19+,20+,23-/m1/s1. The fraction of sp³-hybridized carbons (Fsp3) is 0.320. The van der Waals surface area contributed by atoms with Gasteiger partial charge in [-0.2, -0.15) is 0 Å². The van der Waals surface area contributed by atoms with E-state index in [1.165, 1.54) is 22.4 Å². The van der Waals surface area contributed by atoms with E-state index in [1.807, 2.05) is 12.1 Å². The maximum Gasteiger partial charge on any atom is 0.0715 e. The van der Waals surface area contributed by atoms with E-state index in [-0.39, 0.29) is 5.92 Å². The van der Waals surface area contributed by atoms with Crippen LogP contribution in [0, 0.1) is 11.8 Å². The van der Waals surface area contributed by atoms with Gasteiger partial charge >= 0.3 is 0 Å². The van der Waals surface area contributed by atoms with Crippen molar-refractivity contribution in [2.75, 3.05) is 11.4 Å². The van der Waals surface area contributed by atoms with Crippen LogP contribution in [-0.2, 0) is 0 Å². The summed E-state index contributed by atoms with van der Waals surface area (Å²) in [6.07, 6.45) is 11.2. The molecule has 2 aromatic rings. The number of fused-ring (bicyclic) bond motifs is 4. The molecule has 6 rings (SSSR count). The highest BCUT2D eigenvalue weighted by Crippen LogP contribution is 2.58. The number of aromatic carboxylic acids is 1. The summed E-state index contributed by atoms with van der Waals surface area (Å²) in [6, 6.07) is 14.9. The van der Waals surface area contributed by atoms with E-state index in [2.05, 4.69) is 59.5 Å². The van der Waals surface area contributed by atoms with Crippen molar-refractivity contribution in [1.29, 1.82) is 0 Å². The lowest BCUT2D eigenvalue weighted by atomic mass is 9.70. The Hall–Kier alpha value is -2.81. The van der Waals surface area contributed by atoms with Gasteiger partial charge in [0.2, 0.25) is 0 Å². The van der Waals surface area contributed by atoms with Crippen LogP contribution >= 0.6 is 0 Å². The van der Waals surface area contributed by atoms with Gasteiger partial charge in [-0.15, -0.1) is 0 Å². The van der Waals surface area contributed by atoms with E-state index in [1.54, 1.807) is 0 Å². The van der Waals surface area contributed by atoms with Crippen LogP contribution in [0.1, 0.15) is 57.8 Å². The lowest BCUT2D eigenvalue weighted by Crippen LogP contribution is -2.46. The molecule has 5 atom stereocenters. The number of carboxylic acid groups (broad SMARTS) is 1. The number of anilines is 1. The molecule has 0 spiro atoms. The molecule has 3 heteroatoms. The molecule has 0 fully saturated rings. The fourth-order valence-electron chi connectivity index (χ4n) is 6.12. The van der Waals surface area contributed by atoms with Crippen LogP contribution in [0.2, 0.25) is 0 Å². The normalized spacial score (nSPS) is 31.4. The van der Waals surface area contributed by atoms with Gasteiger partial charge in [-0.05, 0) is 59.1 Å². The van der Waals surface area contributed by atoms with E-state index in [9.17, 15) is 9.90 Å². The van der Waals surface area contributed by atoms with Gasteiger partial charge in [0, 0.05) is 24.1 Å². The summed E-state index contributed by atoms with van der Waals surface area (Å²) in [6.45, 7) is 1.03. The molecular weight excluding hydrogens is 346 g/mol. The highest BCUT2D eigenvalue weighted by molar-refractivity contribution is 5.89. The van der Waals surface area contributed by atoms with Crippen LogP contribution in [0.5, 0.6) is 0 Å². The number of carbonyl (C=O) groups is 1. The summed E-state index contributed by atoms with van der Waals surface area (Å²) in [5.41, 5.74) is 5.33. The fourth-order valence-corrected chi connectivity index (χ4v) is 6.12. The molecule has 0 saturated carbocycles. The van der Waals surface area contributed by atoms with Crippen LogP contribution in [-0.4, -0.2) is 12.5 Å². The Morgan fingerprint density at radius 2 is 1.68 bits per heavy atom. The van der Waals surface area contributed by atoms with Crippen molar-refractivity contribution in [3.63, 3.8) is 0 Å². The molecule has 0 unspecified atom stereocenters. The Labute approximate surface area is 165 Å². The monoisotopic (exact) mass is 368 g/mol. The van der Waals surface area contributed by atoms with Crippen LogP contribution in [0.15, 0.2) is 66.8 Å². The quantitative estimate of drug-likeness (QED) is 0.754. The summed E-state index contributed by atoms with van der Waals surface area (Å²) in [7, 11) is 0. The molecule has 4 aliphatic rings. The Balaban J connectivity index is 1.61. The Morgan fingerprint density at radius 3 is 2.46 bits per heavy atom. The van der Waals surface area contributed by atoms with E-state index < -0.39 is 5.97 Å². The number of carbonyl (C=O) groups excluding carboxylic acids is 1. The van der Waals surface area contributed by atoms with Gasteiger partial charge in [-0.1, -0.05) is 54.6 Å². The lowest BCUT2D eigenvalue weighted by molar-refractivity contribution is -0.255. The average Bonchev–Trinajstić information content (AvgIpc) is 3.38. The van der Waals surface area contributed by atoms with Gasteiger partial charge < -0.3 is 14.8 Å². The smallest absolute Gasteiger partial charge is 0.0715 e. The number of allylic oxidation sites excluding steroid dienone is 4. The van der Waals surface area contributed by atoms with Gasteiger partial charge in [0.25, 0.3) is 0 Å². The van der Waals surface area contributed by atoms with Crippen LogP contribution in [0.4, 0.5) is 5.69 Å². The van der Waals surface area contributed by atoms with Crippen molar-refractivity contribution < 1.29 is 9.90 Å². The molecule has 0 N–H and O–H groups in total. The minimum Gasteiger partial charge on any atom is -0.545 e. The molecule has 28 heavy (non-hydrogen) atoms. The van der Waals surface area contributed by atoms with Crippen LogP contribution < -0.4 is 10.0 Å². The Bertz CT molecular complexity index is 1010. The van der Waals surface area contributed by atoms with Gasteiger partial charge in [0.1, 0.15) is 0 Å². The maximum atomic E-state index is 11.8. The van der Waals surface area contributed by atoms with E-state index >= 15 is 0 Å². The summed E-state index contributed by atoms with van der Waals surface area (Å²) in [4.78, 5) is 14.4. The van der Waals surface area contributed by atoms with Crippen molar-refractivity contribution in [3.8, 4) is 0 Å². The number of benzene rings is 2. The number of hydrogen-bond acceptors (Lipinski definition) is 3. The molecular formula is C25H22NO2-. The van der Waals surface area contributed by atoms with E-state index in [0.717, 1.165) is 19.4 Å². The van der Waals surface area contributed by atoms with E-state index in [0.29, 0.717) is 29.4 Å². The van der Waals surface area contributed by atoms with Crippen LogP contribution in [0.25, 0.3) is 0 Å². The number of rotatable bonds is 2. The van der Waals surface area contributed by atoms with Gasteiger partial charge in [-0.25, -0.2) is 0 Å². The molecule has 2 aliphatic carbocycles. The molecule has 0 amide bonds. The molecule has 2 aliphatic heterocycles. The third-order valence-corrected chi connectivity index (χ3v) is 7.23. The minimum absolute atomic E-state index is 0.274. The highest BCUT2D eigenvalue weighted by atomic mass is 16.4. The maximum absolute atomic E-state index is 11.8. The van der Waals surface area contributed by atoms with Crippen molar-refractivity contribution in [2.45, 2.75) is 30.7 Å². The largest absolute Gasteiger partial charge is 0.545 e. The van der Waals surface area contributed by atoms with Crippen molar-refractivity contribution in [3.05, 3.63) is 89.0 Å². The Kier molecular flexibility index (Phi) is 3.37. The zero-order valence-corrected chi connectivity index (χ0v) is 15.6. The third kappa shape index (κ3) is 2.13. The summed E-state index contributed by atoms with van der Waals surface area (Å²) in [5.74, 6) is 0.498. The number of hydrogen-bond donors (Lipinski definition) is 0. The number of nitrogens with zero attached hydrogens (tertiary/aromatic N) is 1. The third-order valence-electron chi connectivity index (χ3n) is 7.23. The van der Waals surface area contributed by atoms with Crippen LogP contribution in [0.3, 0.4) is 0 Å². The number of carboxylic acids is 1. The predicted octanol–water partition coefficient (Wildman–Crippen LogP) is 3.94. The predicted molar refractivity (Wildman–Crippen MR) is 107 cm³/mol. The lowest BCUT2D eigenvalue weighted by Gasteiger charge is -2.51. The molecule has 3 nitrogen and oxygen atoms in total. The zero-order valence-electron chi connectivity index (χ0n) is 15.6. The molecule has 0 radical (unpaired) electrons. The Morgan fingerprint density at radius 1 is 0.964 bits per heavy atom.